The van der Waals surface area contributed by atoms with Crippen LogP contribution in [-0.4, -0.2) is 84.1 Å². The van der Waals surface area contributed by atoms with E-state index in [9.17, 15) is 14.4 Å². The number of carbonyl (C=O) groups excluding carboxylic acids is 1. The summed E-state index contributed by atoms with van der Waals surface area (Å²) < 4.78 is 20.8. The highest BCUT2D eigenvalue weighted by molar-refractivity contribution is 9.10. The van der Waals surface area contributed by atoms with Gasteiger partial charge in [0.05, 0.1) is 37.2 Å². The fraction of sp³-hybridized carbons (Fsp3) is 0.455. The summed E-state index contributed by atoms with van der Waals surface area (Å²) in [5.41, 5.74) is 3.13. The molecule has 3 aliphatic rings. The first-order chi connectivity index (χ1) is 21.3. The SMILES string of the molecule is C=C(F)CC(=O)N1CCN(c2nc(OC[C@@H]3CCCN3C)nc3c2CCN(c2cccc4cccc(Br)c24)C3)C[C@@H]1CC#N. The third-order valence-corrected chi connectivity index (χ3v) is 9.71. The maximum atomic E-state index is 13.5. The van der Waals surface area contributed by atoms with E-state index in [-0.39, 0.29) is 24.8 Å². The molecule has 0 radical (unpaired) electrons. The molecule has 2 atom stereocenters. The Bertz CT molecular complexity index is 1610. The van der Waals surface area contributed by atoms with E-state index in [1.54, 1.807) is 4.90 Å². The molecular weight excluding hydrogens is 625 g/mol. The van der Waals surface area contributed by atoms with Crippen LogP contribution in [0.5, 0.6) is 6.01 Å². The highest BCUT2D eigenvalue weighted by Crippen LogP contribution is 2.37. The average Bonchev–Trinajstić information content (AvgIpc) is 3.43. The first-order valence-corrected chi connectivity index (χ1v) is 16.0. The molecule has 11 heteroatoms. The van der Waals surface area contributed by atoms with E-state index < -0.39 is 5.83 Å². The quantitative estimate of drug-likeness (QED) is 0.324. The number of amides is 1. The first-order valence-electron chi connectivity index (χ1n) is 15.2. The van der Waals surface area contributed by atoms with Gasteiger partial charge >= 0.3 is 6.01 Å². The van der Waals surface area contributed by atoms with Crippen molar-refractivity contribution in [1.82, 2.24) is 19.8 Å². The number of likely N-dealkylation sites (tertiary alicyclic amines) is 1. The molecule has 6 rings (SSSR count). The number of likely N-dealkylation sites (N-methyl/N-ethyl adjacent to an activating group) is 1. The zero-order chi connectivity index (χ0) is 30.8. The van der Waals surface area contributed by atoms with Crippen molar-refractivity contribution in [3.05, 3.63) is 64.5 Å². The Hall–Kier alpha value is -3.75. The van der Waals surface area contributed by atoms with E-state index in [2.05, 4.69) is 80.7 Å². The van der Waals surface area contributed by atoms with Crippen LogP contribution in [0.25, 0.3) is 10.8 Å². The summed E-state index contributed by atoms with van der Waals surface area (Å²) in [5.74, 6) is -0.215. The van der Waals surface area contributed by atoms with E-state index in [4.69, 9.17) is 14.7 Å². The van der Waals surface area contributed by atoms with Gasteiger partial charge in [0.1, 0.15) is 18.3 Å². The molecule has 2 fully saturated rings. The second kappa shape index (κ2) is 13.1. The standard InChI is InChI=1S/C33H37BrFN7O2/c1-22(35)18-30(43)42-17-16-41(19-24(42)11-13-36)32-26-12-15-40(29-10-4-7-23-6-3-9-27(34)31(23)29)20-28(26)37-33(38-32)44-21-25-8-5-14-39(25)2/h3-4,6-7,9-10,24-25H,1,5,8,11-12,14-21H2,2H3/t24-,25-/m0/s1. The van der Waals surface area contributed by atoms with Gasteiger partial charge in [-0.15, -0.1) is 0 Å². The second-order valence-electron chi connectivity index (χ2n) is 11.9. The van der Waals surface area contributed by atoms with Crippen LogP contribution in [0.4, 0.5) is 15.9 Å². The van der Waals surface area contributed by atoms with Crippen molar-refractivity contribution in [3.8, 4) is 12.1 Å². The number of ether oxygens (including phenoxy) is 1. The molecule has 0 saturated carbocycles. The van der Waals surface area contributed by atoms with Crippen molar-refractivity contribution >= 4 is 44.1 Å². The Morgan fingerprint density at radius 3 is 2.70 bits per heavy atom. The van der Waals surface area contributed by atoms with Gasteiger partial charge in [-0.3, -0.25) is 4.79 Å². The molecule has 0 bridgehead atoms. The van der Waals surface area contributed by atoms with Gasteiger partial charge < -0.3 is 24.3 Å². The lowest BCUT2D eigenvalue weighted by Crippen LogP contribution is -2.55. The Labute approximate surface area is 266 Å². The Morgan fingerprint density at radius 2 is 1.95 bits per heavy atom. The summed E-state index contributed by atoms with van der Waals surface area (Å²) in [6, 6.07) is 15.1. The second-order valence-corrected chi connectivity index (χ2v) is 12.7. The highest BCUT2D eigenvalue weighted by Gasteiger charge is 2.34. The number of piperazine rings is 1. The van der Waals surface area contributed by atoms with Crippen LogP contribution in [0.1, 0.15) is 36.9 Å². The summed E-state index contributed by atoms with van der Waals surface area (Å²) >= 11 is 3.77. The first kappa shape index (κ1) is 30.3. The molecule has 0 aliphatic carbocycles. The molecular formula is C33H37BrFN7O2. The Kier molecular flexibility index (Phi) is 9.01. The van der Waals surface area contributed by atoms with Crippen molar-refractivity contribution < 1.29 is 13.9 Å². The van der Waals surface area contributed by atoms with Gasteiger partial charge in [-0.05, 0) is 50.4 Å². The van der Waals surface area contributed by atoms with Gasteiger partial charge in [-0.25, -0.2) is 4.39 Å². The van der Waals surface area contributed by atoms with Crippen LogP contribution < -0.4 is 14.5 Å². The third-order valence-electron chi connectivity index (χ3n) is 9.04. The Balaban J connectivity index is 1.32. The van der Waals surface area contributed by atoms with Crippen LogP contribution >= 0.6 is 15.9 Å². The lowest BCUT2D eigenvalue weighted by Gasteiger charge is -2.42. The van der Waals surface area contributed by atoms with Crippen molar-refractivity contribution in [1.29, 1.82) is 5.26 Å². The predicted molar refractivity (Wildman–Crippen MR) is 172 cm³/mol. The minimum Gasteiger partial charge on any atom is -0.462 e. The topological polar surface area (TPSA) is 88.8 Å². The molecule has 44 heavy (non-hydrogen) atoms. The summed E-state index contributed by atoms with van der Waals surface area (Å²) in [6.07, 6.45) is 2.75. The lowest BCUT2D eigenvalue weighted by molar-refractivity contribution is -0.133. The van der Waals surface area contributed by atoms with Gasteiger partial charge in [0.25, 0.3) is 0 Å². The molecule has 1 aromatic heterocycles. The van der Waals surface area contributed by atoms with Crippen molar-refractivity contribution in [2.24, 2.45) is 0 Å². The van der Waals surface area contributed by atoms with Gasteiger partial charge in [0, 0.05) is 53.3 Å². The number of hydrogen-bond acceptors (Lipinski definition) is 8. The fourth-order valence-electron chi connectivity index (χ4n) is 6.74. The third kappa shape index (κ3) is 6.24. The van der Waals surface area contributed by atoms with Crippen LogP contribution in [0.3, 0.4) is 0 Å². The van der Waals surface area contributed by atoms with Crippen molar-refractivity contribution in [3.63, 3.8) is 0 Å². The monoisotopic (exact) mass is 661 g/mol. The lowest BCUT2D eigenvalue weighted by atomic mass is 10.0. The minimum atomic E-state index is -0.671. The highest BCUT2D eigenvalue weighted by atomic mass is 79.9. The summed E-state index contributed by atoms with van der Waals surface area (Å²) in [4.78, 5) is 31.1. The van der Waals surface area contributed by atoms with Gasteiger partial charge in [-0.2, -0.15) is 15.2 Å². The van der Waals surface area contributed by atoms with Crippen LogP contribution in [0.2, 0.25) is 0 Å². The molecule has 2 saturated heterocycles. The molecule has 0 spiro atoms. The number of carbonyl (C=O) groups is 1. The van der Waals surface area contributed by atoms with Crippen molar-refractivity contribution in [2.45, 2.75) is 50.7 Å². The summed E-state index contributed by atoms with van der Waals surface area (Å²) in [5, 5.41) is 11.9. The van der Waals surface area contributed by atoms with Gasteiger partial charge in [0.15, 0.2) is 0 Å². The average molecular weight is 663 g/mol. The van der Waals surface area contributed by atoms with E-state index in [0.717, 1.165) is 59.6 Å². The van der Waals surface area contributed by atoms with E-state index in [0.29, 0.717) is 44.8 Å². The zero-order valence-corrected chi connectivity index (χ0v) is 26.6. The summed E-state index contributed by atoms with van der Waals surface area (Å²) in [7, 11) is 2.12. The number of anilines is 2. The molecule has 0 unspecified atom stereocenters. The number of benzene rings is 2. The number of aromatic nitrogens is 2. The molecule has 4 heterocycles. The van der Waals surface area contributed by atoms with Crippen LogP contribution in [0, 0.1) is 11.3 Å². The van der Waals surface area contributed by atoms with Crippen LogP contribution in [-0.2, 0) is 17.8 Å². The largest absolute Gasteiger partial charge is 0.462 e. The number of fused-ring (bicyclic) bond motifs is 2. The number of hydrogen-bond donors (Lipinski definition) is 0. The molecule has 0 N–H and O–H groups in total. The predicted octanol–water partition coefficient (Wildman–Crippen LogP) is 5.23. The minimum absolute atomic E-state index is 0.148. The molecule has 1 amide bonds. The molecule has 9 nitrogen and oxygen atoms in total. The van der Waals surface area contributed by atoms with Gasteiger partial charge in [-0.1, -0.05) is 46.8 Å². The van der Waals surface area contributed by atoms with E-state index in [1.165, 1.54) is 10.8 Å². The molecule has 2 aromatic carbocycles. The number of nitrogens with zero attached hydrogens (tertiary/aromatic N) is 7. The summed E-state index contributed by atoms with van der Waals surface area (Å²) in [6.45, 7) is 7.52. The van der Waals surface area contributed by atoms with Crippen molar-refractivity contribution in [2.75, 3.05) is 56.2 Å². The fourth-order valence-corrected chi connectivity index (χ4v) is 7.33. The molecule has 230 valence electrons. The smallest absolute Gasteiger partial charge is 0.318 e. The van der Waals surface area contributed by atoms with Gasteiger partial charge in [0.2, 0.25) is 5.91 Å². The van der Waals surface area contributed by atoms with E-state index in [1.807, 2.05) is 6.07 Å². The molecule has 3 aliphatic heterocycles. The number of nitriles is 1. The maximum Gasteiger partial charge on any atom is 0.318 e. The molecule has 3 aromatic rings. The maximum absolute atomic E-state index is 13.5. The number of rotatable bonds is 8. The van der Waals surface area contributed by atoms with Crippen LogP contribution in [0.15, 0.2) is 53.3 Å². The zero-order valence-electron chi connectivity index (χ0n) is 25.0. The Morgan fingerprint density at radius 1 is 1.14 bits per heavy atom. The van der Waals surface area contributed by atoms with E-state index >= 15 is 0 Å². The number of halogens is 2. The normalized spacial score (nSPS) is 20.5.